The monoisotopic (exact) mass is 356 g/mol. The summed E-state index contributed by atoms with van der Waals surface area (Å²) in [5.74, 6) is 0.309. The lowest BCUT2D eigenvalue weighted by Gasteiger charge is -2.08. The number of carbonyl (C=O) groups excluding carboxylic acids is 1. The number of nitrogens with zero attached hydrogens (tertiary/aromatic N) is 4. The summed E-state index contributed by atoms with van der Waals surface area (Å²) in [4.78, 5) is 23.0. The molecule has 0 aliphatic heterocycles. The molecular weight excluding hydrogens is 340 g/mol. The lowest BCUT2D eigenvalue weighted by atomic mass is 10.2. The Balaban J connectivity index is 1.97. The van der Waals surface area contributed by atoms with E-state index in [9.17, 15) is 4.79 Å². The van der Waals surface area contributed by atoms with E-state index in [0.717, 1.165) is 0 Å². The highest BCUT2D eigenvalue weighted by atomic mass is 16.5. The van der Waals surface area contributed by atoms with Crippen LogP contribution in [0, 0.1) is 11.3 Å². The molecule has 0 unspecified atom stereocenters. The number of nitrogen functional groups attached to an aromatic ring is 2. The van der Waals surface area contributed by atoms with Crippen molar-refractivity contribution < 1.29 is 19.0 Å². The van der Waals surface area contributed by atoms with Gasteiger partial charge < -0.3 is 25.7 Å². The van der Waals surface area contributed by atoms with E-state index in [1.165, 1.54) is 19.3 Å². The molecule has 10 nitrogen and oxygen atoms in total. The highest BCUT2D eigenvalue weighted by Gasteiger charge is 2.07. The van der Waals surface area contributed by atoms with Gasteiger partial charge in [-0.2, -0.15) is 20.2 Å². The van der Waals surface area contributed by atoms with Crippen molar-refractivity contribution in [2.24, 2.45) is 0 Å². The zero-order valence-electron chi connectivity index (χ0n) is 13.9. The minimum absolute atomic E-state index is 0.0510. The quantitative estimate of drug-likeness (QED) is 0.534. The van der Waals surface area contributed by atoms with Crippen LogP contribution in [0.3, 0.4) is 0 Å². The van der Waals surface area contributed by atoms with Crippen LogP contribution in [0.15, 0.2) is 24.3 Å². The minimum atomic E-state index is -0.605. The largest absolute Gasteiger partial charge is 0.493 e. The maximum absolute atomic E-state index is 11.8. The first-order valence-corrected chi connectivity index (χ1v) is 7.30. The number of rotatable bonds is 7. The van der Waals surface area contributed by atoms with Gasteiger partial charge in [0, 0.05) is 6.08 Å². The molecule has 10 heteroatoms. The van der Waals surface area contributed by atoms with Gasteiger partial charge >= 0.3 is 5.97 Å². The third-order valence-electron chi connectivity index (χ3n) is 2.95. The topological polar surface area (TPSA) is 159 Å². The molecule has 0 fully saturated rings. The Morgan fingerprint density at radius 2 is 1.96 bits per heavy atom. The summed E-state index contributed by atoms with van der Waals surface area (Å²) >= 11 is 0. The van der Waals surface area contributed by atoms with Gasteiger partial charge in [0.25, 0.3) is 0 Å². The number of hydrogen-bond donors (Lipinski definition) is 2. The lowest BCUT2D eigenvalue weighted by molar-refractivity contribution is -0.139. The summed E-state index contributed by atoms with van der Waals surface area (Å²) in [5.41, 5.74) is 11.5. The molecule has 26 heavy (non-hydrogen) atoms. The van der Waals surface area contributed by atoms with Crippen LogP contribution in [-0.2, 0) is 16.1 Å². The highest BCUT2D eigenvalue weighted by molar-refractivity contribution is 5.87. The fourth-order valence-corrected chi connectivity index (χ4v) is 1.89. The average Bonchev–Trinajstić information content (AvgIpc) is 2.62. The van der Waals surface area contributed by atoms with E-state index >= 15 is 0 Å². The van der Waals surface area contributed by atoms with Crippen molar-refractivity contribution in [1.29, 1.82) is 5.26 Å². The maximum atomic E-state index is 11.8. The Morgan fingerprint density at radius 3 is 2.62 bits per heavy atom. The predicted octanol–water partition coefficient (Wildman–Crippen LogP) is 0.704. The number of nitrogens with two attached hydrogens (primary N) is 2. The molecule has 0 aliphatic rings. The molecule has 134 valence electrons. The third kappa shape index (κ3) is 5.34. The molecule has 1 heterocycles. The molecule has 1 aromatic heterocycles. The van der Waals surface area contributed by atoms with Crippen LogP contribution >= 0.6 is 0 Å². The van der Waals surface area contributed by atoms with Crippen LogP contribution in [0.25, 0.3) is 6.08 Å². The van der Waals surface area contributed by atoms with E-state index in [-0.39, 0.29) is 30.9 Å². The first-order valence-electron chi connectivity index (χ1n) is 7.30. The van der Waals surface area contributed by atoms with Crippen LogP contribution in [0.1, 0.15) is 11.4 Å². The van der Waals surface area contributed by atoms with E-state index in [1.54, 1.807) is 18.2 Å². The van der Waals surface area contributed by atoms with Crippen molar-refractivity contribution in [2.75, 3.05) is 25.2 Å². The molecule has 0 radical (unpaired) electrons. The summed E-state index contributed by atoms with van der Waals surface area (Å²) < 4.78 is 15.4. The fourth-order valence-electron chi connectivity index (χ4n) is 1.89. The van der Waals surface area contributed by atoms with Gasteiger partial charge in [-0.3, -0.25) is 0 Å². The van der Waals surface area contributed by atoms with Crippen molar-refractivity contribution in [3.05, 3.63) is 35.7 Å². The number of methoxy groups -OCH3 is 1. The summed E-state index contributed by atoms with van der Waals surface area (Å²) in [6, 6.07) is 6.87. The number of nitriles is 1. The number of ether oxygens (including phenoxy) is 3. The number of carbonyl (C=O) groups is 1. The normalized spacial score (nSPS) is 10.3. The number of hydrogen-bond acceptors (Lipinski definition) is 10. The molecule has 0 saturated heterocycles. The van der Waals surface area contributed by atoms with Gasteiger partial charge in [0.1, 0.15) is 6.07 Å². The Morgan fingerprint density at radius 1 is 1.23 bits per heavy atom. The summed E-state index contributed by atoms with van der Waals surface area (Å²) in [6.07, 6.45) is 2.77. The van der Waals surface area contributed by atoms with Gasteiger partial charge in [0.2, 0.25) is 11.9 Å². The Bertz CT molecular complexity index is 842. The molecule has 0 spiro atoms. The summed E-state index contributed by atoms with van der Waals surface area (Å²) in [6.45, 7) is -0.283. The zero-order valence-corrected chi connectivity index (χ0v) is 13.9. The van der Waals surface area contributed by atoms with Gasteiger partial charge in [0.15, 0.2) is 30.5 Å². The highest BCUT2D eigenvalue weighted by Crippen LogP contribution is 2.28. The van der Waals surface area contributed by atoms with Gasteiger partial charge in [0.05, 0.1) is 7.11 Å². The minimum Gasteiger partial charge on any atom is -0.493 e. The Labute approximate surface area is 149 Å². The lowest BCUT2D eigenvalue weighted by Crippen LogP contribution is -2.09. The van der Waals surface area contributed by atoms with E-state index in [2.05, 4.69) is 15.0 Å². The van der Waals surface area contributed by atoms with Crippen LogP contribution in [0.5, 0.6) is 11.5 Å². The number of esters is 1. The molecule has 0 bridgehead atoms. The standard InChI is InChI=1S/C16H16N6O4/c1-24-12-8-10(2-4-11(12)25-7-6-17)3-5-14(23)26-9-13-20-15(18)22-16(19)21-13/h2-5,8H,7,9H2,1H3,(H4,18,19,20,21,22)/b5-3+. The number of anilines is 2. The molecule has 0 aliphatic carbocycles. The molecule has 0 saturated carbocycles. The van der Waals surface area contributed by atoms with Gasteiger partial charge in [-0.1, -0.05) is 6.07 Å². The zero-order chi connectivity index (χ0) is 18.9. The Hall–Kier alpha value is -3.87. The smallest absolute Gasteiger partial charge is 0.331 e. The van der Waals surface area contributed by atoms with Crippen LogP contribution in [0.4, 0.5) is 11.9 Å². The van der Waals surface area contributed by atoms with E-state index in [4.69, 9.17) is 30.9 Å². The van der Waals surface area contributed by atoms with Crippen molar-refractivity contribution in [1.82, 2.24) is 15.0 Å². The summed E-state index contributed by atoms with van der Waals surface area (Å²) in [5, 5.41) is 8.55. The maximum Gasteiger partial charge on any atom is 0.331 e. The molecular formula is C16H16N6O4. The van der Waals surface area contributed by atoms with Gasteiger partial charge in [-0.25, -0.2) is 4.79 Å². The molecule has 0 amide bonds. The van der Waals surface area contributed by atoms with Crippen molar-refractivity contribution in [3.8, 4) is 17.6 Å². The Kier molecular flexibility index (Phi) is 6.28. The van der Waals surface area contributed by atoms with Crippen molar-refractivity contribution in [3.63, 3.8) is 0 Å². The average molecular weight is 356 g/mol. The first-order chi connectivity index (χ1) is 12.5. The second-order valence-electron chi connectivity index (χ2n) is 4.77. The molecule has 2 aromatic rings. The van der Waals surface area contributed by atoms with Gasteiger partial charge in [-0.05, 0) is 23.8 Å². The van der Waals surface area contributed by atoms with E-state index in [1.807, 2.05) is 6.07 Å². The molecule has 4 N–H and O–H groups in total. The number of benzene rings is 1. The molecule has 0 atom stereocenters. The fraction of sp³-hybridized carbons (Fsp3) is 0.188. The number of aromatic nitrogens is 3. The first kappa shape index (κ1) is 18.5. The van der Waals surface area contributed by atoms with E-state index in [0.29, 0.717) is 17.1 Å². The van der Waals surface area contributed by atoms with E-state index < -0.39 is 5.97 Å². The van der Waals surface area contributed by atoms with Crippen molar-refractivity contribution in [2.45, 2.75) is 6.61 Å². The summed E-state index contributed by atoms with van der Waals surface area (Å²) in [7, 11) is 1.47. The second kappa shape index (κ2) is 8.84. The predicted molar refractivity (Wildman–Crippen MR) is 91.6 cm³/mol. The third-order valence-corrected chi connectivity index (χ3v) is 2.95. The van der Waals surface area contributed by atoms with Crippen LogP contribution in [0.2, 0.25) is 0 Å². The second-order valence-corrected chi connectivity index (χ2v) is 4.77. The van der Waals surface area contributed by atoms with Crippen molar-refractivity contribution >= 4 is 23.9 Å². The van der Waals surface area contributed by atoms with Gasteiger partial charge in [-0.15, -0.1) is 0 Å². The molecule has 1 aromatic carbocycles. The SMILES string of the molecule is COc1cc(/C=C/C(=O)OCc2nc(N)nc(N)n2)ccc1OCC#N. The van der Waals surface area contributed by atoms with Crippen LogP contribution in [-0.4, -0.2) is 34.6 Å². The van der Waals surface area contributed by atoms with Crippen LogP contribution < -0.4 is 20.9 Å². The molecule has 2 rings (SSSR count).